The van der Waals surface area contributed by atoms with Crippen LogP contribution in [0.3, 0.4) is 0 Å². The molecule has 0 aliphatic carbocycles. The Kier molecular flexibility index (Phi) is 4.74. The molecule has 0 saturated carbocycles. The first kappa shape index (κ1) is 12.2. The molecule has 0 radical (unpaired) electrons. The fraction of sp³-hybridized carbons (Fsp3) is 0.700. The number of rotatable bonds is 6. The zero-order valence-electron chi connectivity index (χ0n) is 9.77. The molecule has 0 aliphatic rings. The van der Waals surface area contributed by atoms with Gasteiger partial charge in [-0.1, -0.05) is 6.92 Å². The third-order valence-electron chi connectivity index (χ3n) is 2.16. The van der Waals surface area contributed by atoms with E-state index in [4.69, 9.17) is 5.73 Å². The topological polar surface area (TPSA) is 59.1 Å². The zero-order valence-corrected chi connectivity index (χ0v) is 9.77. The van der Waals surface area contributed by atoms with Crippen LogP contribution in [-0.2, 0) is 6.54 Å². The van der Waals surface area contributed by atoms with Crippen LogP contribution in [0.4, 0.5) is 0 Å². The molecule has 0 fully saturated rings. The van der Waals surface area contributed by atoms with E-state index < -0.39 is 0 Å². The number of hydrazine groups is 1. The summed E-state index contributed by atoms with van der Waals surface area (Å²) in [6.07, 6.45) is 5.02. The van der Waals surface area contributed by atoms with E-state index in [0.29, 0.717) is 6.54 Å². The molecule has 0 saturated heterocycles. The van der Waals surface area contributed by atoms with E-state index in [2.05, 4.69) is 23.6 Å². The lowest BCUT2D eigenvalue weighted by atomic mass is 10.2. The van der Waals surface area contributed by atoms with Crippen molar-refractivity contribution >= 4 is 0 Å². The molecule has 1 unspecified atom stereocenters. The standard InChI is InChI=1S/C10H21N5/c1-4-5-15-8-9(7-12-15)10(6-11)13-14(2)3/h7-8,10,13H,4-6,11H2,1-3H3. The SMILES string of the molecule is CCCn1cc(C(CN)NN(C)C)cn1. The van der Waals surface area contributed by atoms with Crippen LogP contribution in [0.15, 0.2) is 12.4 Å². The maximum absolute atomic E-state index is 5.71. The Morgan fingerprint density at radius 1 is 1.60 bits per heavy atom. The second kappa shape index (κ2) is 5.85. The fourth-order valence-corrected chi connectivity index (χ4v) is 1.49. The largest absolute Gasteiger partial charge is 0.329 e. The van der Waals surface area contributed by atoms with Crippen molar-refractivity contribution in [1.82, 2.24) is 20.2 Å². The second-order valence-corrected chi connectivity index (χ2v) is 3.85. The first-order valence-corrected chi connectivity index (χ1v) is 5.33. The van der Waals surface area contributed by atoms with E-state index in [9.17, 15) is 0 Å². The van der Waals surface area contributed by atoms with Gasteiger partial charge in [-0.15, -0.1) is 0 Å². The van der Waals surface area contributed by atoms with Crippen molar-refractivity contribution in [3.63, 3.8) is 0 Å². The maximum Gasteiger partial charge on any atom is 0.0617 e. The summed E-state index contributed by atoms with van der Waals surface area (Å²) in [5.41, 5.74) is 10.1. The third-order valence-corrected chi connectivity index (χ3v) is 2.16. The average molecular weight is 211 g/mol. The smallest absolute Gasteiger partial charge is 0.0617 e. The van der Waals surface area contributed by atoms with Gasteiger partial charge in [0.2, 0.25) is 0 Å². The lowest BCUT2D eigenvalue weighted by Crippen LogP contribution is -2.37. The van der Waals surface area contributed by atoms with Gasteiger partial charge in [0.1, 0.15) is 0 Å². The van der Waals surface area contributed by atoms with Crippen molar-refractivity contribution in [2.75, 3.05) is 20.6 Å². The average Bonchev–Trinajstić information content (AvgIpc) is 2.63. The molecule has 0 spiro atoms. The fourth-order valence-electron chi connectivity index (χ4n) is 1.49. The van der Waals surface area contributed by atoms with Crippen LogP contribution in [0.2, 0.25) is 0 Å². The highest BCUT2D eigenvalue weighted by molar-refractivity contribution is 5.10. The first-order chi connectivity index (χ1) is 7.17. The number of nitrogens with two attached hydrogens (primary N) is 1. The quantitative estimate of drug-likeness (QED) is 0.667. The highest BCUT2D eigenvalue weighted by atomic mass is 15.5. The first-order valence-electron chi connectivity index (χ1n) is 5.33. The molecule has 0 bridgehead atoms. The monoisotopic (exact) mass is 211 g/mol. The van der Waals surface area contributed by atoms with Crippen LogP contribution in [0.5, 0.6) is 0 Å². The highest BCUT2D eigenvalue weighted by Crippen LogP contribution is 2.10. The van der Waals surface area contributed by atoms with Crippen molar-refractivity contribution in [2.45, 2.75) is 25.9 Å². The van der Waals surface area contributed by atoms with Crippen LogP contribution in [0, 0.1) is 0 Å². The predicted molar refractivity (Wildman–Crippen MR) is 61.1 cm³/mol. The number of aryl methyl sites for hydroxylation is 1. The minimum atomic E-state index is 0.144. The third kappa shape index (κ3) is 3.62. The van der Waals surface area contributed by atoms with Crippen molar-refractivity contribution in [3.05, 3.63) is 18.0 Å². The number of nitrogens with zero attached hydrogens (tertiary/aromatic N) is 3. The van der Waals surface area contributed by atoms with Crippen LogP contribution in [0.1, 0.15) is 24.9 Å². The number of aromatic nitrogens is 2. The Labute approximate surface area is 91.2 Å². The van der Waals surface area contributed by atoms with Gasteiger partial charge in [-0.3, -0.25) is 4.68 Å². The van der Waals surface area contributed by atoms with Gasteiger partial charge in [-0.05, 0) is 6.42 Å². The lowest BCUT2D eigenvalue weighted by Gasteiger charge is -2.20. The van der Waals surface area contributed by atoms with Gasteiger partial charge in [0.05, 0.1) is 12.2 Å². The molecule has 15 heavy (non-hydrogen) atoms. The molecule has 5 heteroatoms. The maximum atomic E-state index is 5.71. The summed E-state index contributed by atoms with van der Waals surface area (Å²) in [6, 6.07) is 0.144. The highest BCUT2D eigenvalue weighted by Gasteiger charge is 2.11. The van der Waals surface area contributed by atoms with Crippen LogP contribution in [0.25, 0.3) is 0 Å². The normalized spacial score (nSPS) is 13.4. The predicted octanol–water partition coefficient (Wildman–Crippen LogP) is 0.359. The molecule has 1 heterocycles. The van der Waals surface area contributed by atoms with Gasteiger partial charge in [0, 0.05) is 38.9 Å². The molecule has 0 amide bonds. The molecular formula is C10H21N5. The van der Waals surface area contributed by atoms with Crippen molar-refractivity contribution in [2.24, 2.45) is 5.73 Å². The summed E-state index contributed by atoms with van der Waals surface area (Å²) < 4.78 is 1.95. The van der Waals surface area contributed by atoms with Crippen molar-refractivity contribution in [1.29, 1.82) is 0 Å². The molecule has 0 aromatic carbocycles. The molecular weight excluding hydrogens is 190 g/mol. The molecule has 0 aliphatic heterocycles. The minimum Gasteiger partial charge on any atom is -0.329 e. The van der Waals surface area contributed by atoms with E-state index in [1.54, 1.807) is 0 Å². The number of hydrogen-bond donors (Lipinski definition) is 2. The minimum absolute atomic E-state index is 0.144. The molecule has 86 valence electrons. The molecule has 1 aromatic heterocycles. The summed E-state index contributed by atoms with van der Waals surface area (Å²) >= 11 is 0. The molecule has 1 atom stereocenters. The summed E-state index contributed by atoms with van der Waals surface area (Å²) in [6.45, 7) is 3.66. The van der Waals surface area contributed by atoms with Crippen LogP contribution < -0.4 is 11.2 Å². The van der Waals surface area contributed by atoms with E-state index in [0.717, 1.165) is 18.5 Å². The molecule has 5 nitrogen and oxygen atoms in total. The molecule has 1 aromatic rings. The summed E-state index contributed by atoms with van der Waals surface area (Å²) in [4.78, 5) is 0. The van der Waals surface area contributed by atoms with E-state index in [1.807, 2.05) is 30.0 Å². The van der Waals surface area contributed by atoms with Gasteiger partial charge in [-0.25, -0.2) is 10.4 Å². The summed E-state index contributed by atoms with van der Waals surface area (Å²) in [5, 5.41) is 6.20. The summed E-state index contributed by atoms with van der Waals surface area (Å²) in [5.74, 6) is 0. The van der Waals surface area contributed by atoms with E-state index in [-0.39, 0.29) is 6.04 Å². The van der Waals surface area contributed by atoms with Crippen molar-refractivity contribution < 1.29 is 0 Å². The Bertz CT molecular complexity index is 281. The van der Waals surface area contributed by atoms with Gasteiger partial charge >= 0.3 is 0 Å². The van der Waals surface area contributed by atoms with Gasteiger partial charge in [-0.2, -0.15) is 5.10 Å². The Balaban J connectivity index is 2.65. The van der Waals surface area contributed by atoms with E-state index >= 15 is 0 Å². The van der Waals surface area contributed by atoms with Crippen LogP contribution in [-0.4, -0.2) is 35.4 Å². The Hall–Kier alpha value is -0.910. The molecule has 1 rings (SSSR count). The van der Waals surface area contributed by atoms with Crippen molar-refractivity contribution in [3.8, 4) is 0 Å². The molecule has 3 N–H and O–H groups in total. The zero-order chi connectivity index (χ0) is 11.3. The van der Waals surface area contributed by atoms with Crippen LogP contribution >= 0.6 is 0 Å². The number of nitrogens with one attached hydrogen (secondary N) is 1. The Morgan fingerprint density at radius 2 is 2.33 bits per heavy atom. The lowest BCUT2D eigenvalue weighted by molar-refractivity contribution is 0.245. The van der Waals surface area contributed by atoms with Gasteiger partial charge < -0.3 is 5.73 Å². The van der Waals surface area contributed by atoms with Gasteiger partial charge in [0.25, 0.3) is 0 Å². The number of hydrogen-bond acceptors (Lipinski definition) is 4. The van der Waals surface area contributed by atoms with E-state index in [1.165, 1.54) is 0 Å². The Morgan fingerprint density at radius 3 is 2.87 bits per heavy atom. The van der Waals surface area contributed by atoms with Gasteiger partial charge in [0.15, 0.2) is 0 Å². The second-order valence-electron chi connectivity index (χ2n) is 3.85. The summed E-state index contributed by atoms with van der Waals surface area (Å²) in [7, 11) is 3.91.